The molecule has 2 heterocycles. The summed E-state index contributed by atoms with van der Waals surface area (Å²) in [4.78, 5) is 0. The van der Waals surface area contributed by atoms with Gasteiger partial charge >= 0.3 is 0 Å². The van der Waals surface area contributed by atoms with Crippen LogP contribution in [0.4, 0.5) is 0 Å². The molecule has 2 aliphatic heterocycles. The van der Waals surface area contributed by atoms with Gasteiger partial charge in [0.1, 0.15) is 30.5 Å². The molecule has 0 aliphatic carbocycles. The second-order valence-corrected chi connectivity index (χ2v) is 10.0. The van der Waals surface area contributed by atoms with Crippen LogP contribution >= 0.6 is 0 Å². The van der Waals surface area contributed by atoms with Crippen LogP contribution in [0.15, 0.2) is 42.5 Å². The van der Waals surface area contributed by atoms with E-state index in [1.807, 2.05) is 0 Å². The molecule has 2 aliphatic rings. The summed E-state index contributed by atoms with van der Waals surface area (Å²) in [5.74, 6) is 2.69. The molecule has 234 valence electrons. The van der Waals surface area contributed by atoms with Crippen molar-refractivity contribution >= 4 is 6.08 Å². The van der Waals surface area contributed by atoms with Crippen LogP contribution in [0.25, 0.3) is 6.08 Å². The summed E-state index contributed by atoms with van der Waals surface area (Å²) >= 11 is 0. The third-order valence-corrected chi connectivity index (χ3v) is 6.88. The zero-order valence-electron chi connectivity index (χ0n) is 22.7. The Morgan fingerprint density at radius 2 is 1.60 bits per heavy atom. The van der Waals surface area contributed by atoms with E-state index in [2.05, 4.69) is 11.8 Å². The van der Waals surface area contributed by atoms with Gasteiger partial charge in [0.25, 0.3) is 0 Å². The summed E-state index contributed by atoms with van der Waals surface area (Å²) < 4.78 is 21.4. The van der Waals surface area contributed by atoms with Crippen molar-refractivity contribution in [2.45, 2.75) is 67.8 Å². The number of ether oxygens (including phenoxy) is 4. The molecule has 2 saturated heterocycles. The van der Waals surface area contributed by atoms with Crippen LogP contribution in [0.1, 0.15) is 24.0 Å². The molecule has 0 amide bonds. The van der Waals surface area contributed by atoms with E-state index in [9.17, 15) is 51.1 Å². The van der Waals surface area contributed by atoms with Crippen LogP contribution in [-0.2, 0) is 9.47 Å². The Labute approximate surface area is 245 Å². The van der Waals surface area contributed by atoms with Crippen LogP contribution in [0.2, 0.25) is 0 Å². The van der Waals surface area contributed by atoms with Gasteiger partial charge in [-0.1, -0.05) is 30.1 Å². The highest BCUT2D eigenvalue weighted by Gasteiger charge is 2.49. The zero-order valence-corrected chi connectivity index (χ0v) is 22.7. The number of hydrogen-bond acceptors (Lipinski definition) is 14. The van der Waals surface area contributed by atoms with Gasteiger partial charge < -0.3 is 70.0 Å². The average molecular weight is 607 g/mol. The molecule has 2 aromatic carbocycles. The number of aromatic hydroxyl groups is 2. The van der Waals surface area contributed by atoms with Crippen LogP contribution in [0.3, 0.4) is 0 Å². The fourth-order valence-electron chi connectivity index (χ4n) is 4.45. The topological polar surface area (TPSA) is 239 Å². The summed E-state index contributed by atoms with van der Waals surface area (Å²) in [5.41, 5.74) is 1.05. The molecule has 43 heavy (non-hydrogen) atoms. The van der Waals surface area contributed by atoms with Crippen LogP contribution in [0.5, 0.6) is 23.0 Å². The van der Waals surface area contributed by atoms with Gasteiger partial charge in [-0.05, 0) is 35.9 Å². The molecular formula is C29H34O14. The predicted molar refractivity (Wildman–Crippen MR) is 145 cm³/mol. The Bertz CT molecular complexity index is 1340. The van der Waals surface area contributed by atoms with E-state index in [4.69, 9.17) is 18.9 Å². The highest BCUT2D eigenvalue weighted by atomic mass is 16.8. The lowest BCUT2D eigenvalue weighted by Crippen LogP contribution is -2.60. The molecule has 14 heteroatoms. The van der Waals surface area contributed by atoms with Gasteiger partial charge in [0.05, 0.1) is 19.3 Å². The van der Waals surface area contributed by atoms with Gasteiger partial charge in [-0.3, -0.25) is 0 Å². The number of phenols is 2. The number of hydrogen-bond donors (Lipinski definition) is 10. The van der Waals surface area contributed by atoms with Crippen LogP contribution in [-0.4, -0.2) is 119 Å². The number of rotatable bonds is 8. The van der Waals surface area contributed by atoms with Gasteiger partial charge in [-0.15, -0.1) is 0 Å². The van der Waals surface area contributed by atoms with Crippen molar-refractivity contribution in [1.82, 2.24) is 0 Å². The molecule has 0 spiro atoms. The van der Waals surface area contributed by atoms with E-state index < -0.39 is 68.2 Å². The SMILES string of the molecule is OC[C@@H]1O[C@@H](Oc2ccc(C#CC/C=C/c3ccc(O[C@H]4C[C@@H](O)[C@H](O)[C@](O)(CO)O4)c(O)c3)cc2O)[C@H](O)[C@@H](O)[C@@H]1O. The maximum Gasteiger partial charge on any atom is 0.229 e. The minimum absolute atomic E-state index is 0.00963. The molecule has 2 fully saturated rings. The number of allylic oxidation sites excluding steroid dienone is 1. The summed E-state index contributed by atoms with van der Waals surface area (Å²) in [6.45, 7) is -1.59. The molecule has 0 radical (unpaired) electrons. The largest absolute Gasteiger partial charge is 0.504 e. The first-order valence-electron chi connectivity index (χ1n) is 13.3. The number of aliphatic hydroxyl groups is 8. The van der Waals surface area contributed by atoms with Gasteiger partial charge in [-0.25, -0.2) is 0 Å². The van der Waals surface area contributed by atoms with Gasteiger partial charge in [0, 0.05) is 18.4 Å². The molecule has 0 bridgehead atoms. The lowest BCUT2D eigenvalue weighted by molar-refractivity contribution is -0.360. The number of phenolic OH excluding ortho intramolecular Hbond substituents is 2. The van der Waals surface area contributed by atoms with Gasteiger partial charge in [0.15, 0.2) is 23.0 Å². The first kappa shape index (κ1) is 32.5. The van der Waals surface area contributed by atoms with E-state index in [-0.39, 0.29) is 29.4 Å². The molecule has 0 saturated carbocycles. The van der Waals surface area contributed by atoms with Crippen molar-refractivity contribution < 1.29 is 70.0 Å². The molecule has 0 unspecified atom stereocenters. The molecule has 9 atom stereocenters. The quantitative estimate of drug-likeness (QED) is 0.150. The average Bonchev–Trinajstić information content (AvgIpc) is 2.98. The van der Waals surface area contributed by atoms with Crippen molar-refractivity contribution in [1.29, 1.82) is 0 Å². The Balaban J connectivity index is 1.31. The first-order valence-corrected chi connectivity index (χ1v) is 13.3. The third kappa shape index (κ3) is 7.55. The second-order valence-electron chi connectivity index (χ2n) is 10.0. The van der Waals surface area contributed by atoms with Crippen LogP contribution < -0.4 is 9.47 Å². The lowest BCUT2D eigenvalue weighted by Gasteiger charge is -2.41. The summed E-state index contributed by atoms with van der Waals surface area (Å²) in [7, 11) is 0. The molecule has 14 nitrogen and oxygen atoms in total. The summed E-state index contributed by atoms with van der Waals surface area (Å²) in [6, 6.07) is 8.72. The number of aliphatic hydroxyl groups excluding tert-OH is 7. The monoisotopic (exact) mass is 606 g/mol. The van der Waals surface area contributed by atoms with Crippen molar-refractivity contribution in [3.63, 3.8) is 0 Å². The lowest BCUT2D eigenvalue weighted by atomic mass is 9.99. The Morgan fingerprint density at radius 3 is 2.28 bits per heavy atom. The minimum atomic E-state index is -2.41. The molecule has 10 N–H and O–H groups in total. The predicted octanol–water partition coefficient (Wildman–Crippen LogP) is -1.74. The summed E-state index contributed by atoms with van der Waals surface area (Å²) in [6.07, 6.45) is -8.28. The molecule has 2 aromatic rings. The molecular weight excluding hydrogens is 572 g/mol. The van der Waals surface area contributed by atoms with E-state index in [0.29, 0.717) is 17.5 Å². The first-order chi connectivity index (χ1) is 20.4. The Hall–Kier alpha value is -3.46. The summed E-state index contributed by atoms with van der Waals surface area (Å²) in [5, 5.41) is 99.0. The fourth-order valence-corrected chi connectivity index (χ4v) is 4.45. The zero-order chi connectivity index (χ0) is 31.3. The smallest absolute Gasteiger partial charge is 0.229 e. The third-order valence-electron chi connectivity index (χ3n) is 6.88. The van der Waals surface area contributed by atoms with Crippen molar-refractivity contribution in [2.24, 2.45) is 0 Å². The van der Waals surface area contributed by atoms with Crippen molar-refractivity contribution in [2.75, 3.05) is 13.2 Å². The van der Waals surface area contributed by atoms with E-state index >= 15 is 0 Å². The highest BCUT2D eigenvalue weighted by molar-refractivity contribution is 5.56. The maximum atomic E-state index is 10.3. The fraction of sp³-hybridized carbons (Fsp3) is 0.448. The standard InChI is InChI=1S/C29H34O14/c30-13-22-24(35)25(36)26(37)28(42-22)41-21-9-7-16(11-18(21)33)5-3-1-2-4-15-6-8-20(17(32)10-15)40-23-12-19(34)27(38)29(39,14-31)43-23/h2,4,6-11,19,22-28,30-39H,1,12-14H2/b4-2+/t19-,22+,23-,24-,25+,26-,27+,28-,29+/m1/s1. The maximum absolute atomic E-state index is 10.3. The second kappa shape index (κ2) is 13.9. The minimum Gasteiger partial charge on any atom is -0.504 e. The molecule has 4 rings (SSSR count). The van der Waals surface area contributed by atoms with Crippen molar-refractivity contribution in [3.8, 4) is 34.8 Å². The highest BCUT2D eigenvalue weighted by Crippen LogP contribution is 2.34. The number of benzene rings is 2. The Morgan fingerprint density at radius 1 is 0.907 bits per heavy atom. The van der Waals surface area contributed by atoms with E-state index in [0.717, 1.165) is 0 Å². The van der Waals surface area contributed by atoms with E-state index in [1.54, 1.807) is 24.3 Å². The van der Waals surface area contributed by atoms with E-state index in [1.165, 1.54) is 24.3 Å². The van der Waals surface area contributed by atoms with Crippen molar-refractivity contribution in [3.05, 3.63) is 53.6 Å². The Kier molecular flexibility index (Phi) is 10.5. The van der Waals surface area contributed by atoms with Gasteiger partial charge in [0.2, 0.25) is 18.4 Å². The van der Waals surface area contributed by atoms with Crippen LogP contribution in [0, 0.1) is 11.8 Å². The molecule has 0 aromatic heterocycles. The normalized spacial score (nSPS) is 32.7. The van der Waals surface area contributed by atoms with Gasteiger partial charge in [-0.2, -0.15) is 0 Å².